The summed E-state index contributed by atoms with van der Waals surface area (Å²) in [5.41, 5.74) is 2.56. The fourth-order valence-corrected chi connectivity index (χ4v) is 4.32. The highest BCUT2D eigenvalue weighted by atomic mass is 32.1. The Morgan fingerprint density at radius 3 is 2.48 bits per heavy atom. The molecule has 0 unspecified atom stereocenters. The maximum atomic E-state index is 4.63. The van der Waals surface area contributed by atoms with Crippen molar-refractivity contribution >= 4 is 27.4 Å². The van der Waals surface area contributed by atoms with Crippen LogP contribution in [0.3, 0.4) is 0 Å². The van der Waals surface area contributed by atoms with Gasteiger partial charge in [0.2, 0.25) is 0 Å². The van der Waals surface area contributed by atoms with Crippen molar-refractivity contribution in [2.75, 3.05) is 38.1 Å². The number of hydrogen-bond acceptors (Lipinski definition) is 5. The minimum atomic E-state index is 1.03. The SMILES string of the molecule is Cc1c(-c2ccccc2)sc2ncnc(N3CCN(C)CC3)c12. The molecule has 5 heteroatoms. The number of fused-ring (bicyclic) bond motifs is 1. The lowest BCUT2D eigenvalue weighted by molar-refractivity contribution is 0.312. The van der Waals surface area contributed by atoms with Gasteiger partial charge in [0.25, 0.3) is 0 Å². The van der Waals surface area contributed by atoms with Gasteiger partial charge in [0.05, 0.1) is 5.39 Å². The van der Waals surface area contributed by atoms with Crippen molar-refractivity contribution in [3.05, 3.63) is 42.2 Å². The van der Waals surface area contributed by atoms with Gasteiger partial charge in [-0.15, -0.1) is 11.3 Å². The van der Waals surface area contributed by atoms with Crippen molar-refractivity contribution < 1.29 is 0 Å². The Morgan fingerprint density at radius 2 is 1.74 bits per heavy atom. The molecule has 0 spiro atoms. The van der Waals surface area contributed by atoms with Gasteiger partial charge in [-0.3, -0.25) is 0 Å². The van der Waals surface area contributed by atoms with Gasteiger partial charge >= 0.3 is 0 Å². The largest absolute Gasteiger partial charge is 0.353 e. The molecule has 23 heavy (non-hydrogen) atoms. The van der Waals surface area contributed by atoms with Crippen molar-refractivity contribution in [2.24, 2.45) is 0 Å². The standard InChI is InChI=1S/C18H20N4S/c1-13-15-17(22-10-8-21(2)9-11-22)19-12-20-18(15)23-16(13)14-6-4-3-5-7-14/h3-7,12H,8-11H2,1-2H3. The van der Waals surface area contributed by atoms with E-state index >= 15 is 0 Å². The molecule has 118 valence electrons. The van der Waals surface area contributed by atoms with Crippen molar-refractivity contribution in [3.63, 3.8) is 0 Å². The van der Waals surface area contributed by atoms with E-state index in [9.17, 15) is 0 Å². The molecule has 1 aliphatic rings. The van der Waals surface area contributed by atoms with Crippen molar-refractivity contribution in [1.82, 2.24) is 14.9 Å². The molecule has 0 bridgehead atoms. The van der Waals surface area contributed by atoms with Gasteiger partial charge in [0, 0.05) is 31.1 Å². The van der Waals surface area contributed by atoms with Crippen LogP contribution in [0.2, 0.25) is 0 Å². The quantitative estimate of drug-likeness (QED) is 0.723. The van der Waals surface area contributed by atoms with Gasteiger partial charge in [-0.05, 0) is 25.1 Å². The van der Waals surface area contributed by atoms with Crippen molar-refractivity contribution in [2.45, 2.75) is 6.92 Å². The lowest BCUT2D eigenvalue weighted by Gasteiger charge is -2.33. The minimum Gasteiger partial charge on any atom is -0.353 e. The zero-order valence-corrected chi connectivity index (χ0v) is 14.3. The second-order valence-corrected chi connectivity index (χ2v) is 7.09. The molecule has 1 fully saturated rings. The van der Waals surface area contributed by atoms with Crippen LogP contribution >= 0.6 is 11.3 Å². The van der Waals surface area contributed by atoms with E-state index in [2.05, 4.69) is 64.1 Å². The van der Waals surface area contributed by atoms with Gasteiger partial charge in [-0.2, -0.15) is 0 Å². The molecule has 1 aromatic carbocycles. The lowest BCUT2D eigenvalue weighted by atomic mass is 10.1. The van der Waals surface area contributed by atoms with E-state index in [1.165, 1.54) is 21.4 Å². The smallest absolute Gasteiger partial charge is 0.141 e. The number of hydrogen-bond donors (Lipinski definition) is 0. The van der Waals surface area contributed by atoms with E-state index in [1.807, 2.05) is 0 Å². The van der Waals surface area contributed by atoms with Crippen LogP contribution in [0, 0.1) is 6.92 Å². The molecule has 0 N–H and O–H groups in total. The summed E-state index contributed by atoms with van der Waals surface area (Å²) in [7, 11) is 2.18. The first kappa shape index (κ1) is 14.6. The first-order valence-corrected chi connectivity index (χ1v) is 8.78. The minimum absolute atomic E-state index is 1.03. The van der Waals surface area contributed by atoms with Crippen LogP contribution in [-0.4, -0.2) is 48.1 Å². The average molecular weight is 324 g/mol. The zero-order chi connectivity index (χ0) is 15.8. The van der Waals surface area contributed by atoms with Crippen molar-refractivity contribution in [3.8, 4) is 10.4 Å². The Bertz CT molecular complexity index is 820. The van der Waals surface area contributed by atoms with Crippen LogP contribution in [0.25, 0.3) is 20.7 Å². The number of piperazine rings is 1. The number of anilines is 1. The first-order valence-electron chi connectivity index (χ1n) is 7.97. The maximum absolute atomic E-state index is 4.63. The molecule has 1 saturated heterocycles. The van der Waals surface area contributed by atoms with Gasteiger partial charge in [-0.25, -0.2) is 9.97 Å². The predicted octanol–water partition coefficient (Wildman–Crippen LogP) is 3.42. The highest BCUT2D eigenvalue weighted by Gasteiger charge is 2.21. The lowest BCUT2D eigenvalue weighted by Crippen LogP contribution is -2.44. The van der Waals surface area contributed by atoms with Crippen LogP contribution < -0.4 is 4.90 Å². The summed E-state index contributed by atoms with van der Waals surface area (Å²) in [5, 5.41) is 1.22. The monoisotopic (exact) mass is 324 g/mol. The van der Waals surface area contributed by atoms with E-state index in [0.29, 0.717) is 0 Å². The van der Waals surface area contributed by atoms with E-state index < -0.39 is 0 Å². The van der Waals surface area contributed by atoms with E-state index in [4.69, 9.17) is 0 Å². The molecule has 0 saturated carbocycles. The van der Waals surface area contributed by atoms with Crippen LogP contribution in [-0.2, 0) is 0 Å². The second-order valence-electron chi connectivity index (χ2n) is 6.09. The Hall–Kier alpha value is -1.98. The Balaban J connectivity index is 1.82. The summed E-state index contributed by atoms with van der Waals surface area (Å²) < 4.78 is 0. The number of likely N-dealkylation sites (N-methyl/N-ethyl adjacent to an activating group) is 1. The van der Waals surface area contributed by atoms with E-state index in [-0.39, 0.29) is 0 Å². The molecular weight excluding hydrogens is 304 g/mol. The summed E-state index contributed by atoms with van der Waals surface area (Å²) in [6.45, 7) is 6.42. The molecule has 0 aliphatic carbocycles. The van der Waals surface area contributed by atoms with Crippen LogP contribution in [0.5, 0.6) is 0 Å². The number of nitrogens with zero attached hydrogens (tertiary/aromatic N) is 4. The third kappa shape index (κ3) is 2.60. The molecule has 1 aliphatic heterocycles. The average Bonchev–Trinajstić information content (AvgIpc) is 2.94. The molecule has 0 radical (unpaired) electrons. The number of rotatable bonds is 2. The van der Waals surface area contributed by atoms with E-state index in [1.54, 1.807) is 17.7 Å². The van der Waals surface area contributed by atoms with Gasteiger partial charge < -0.3 is 9.80 Å². The maximum Gasteiger partial charge on any atom is 0.141 e. The molecule has 0 amide bonds. The highest BCUT2D eigenvalue weighted by molar-refractivity contribution is 7.22. The van der Waals surface area contributed by atoms with Crippen LogP contribution in [0.4, 0.5) is 5.82 Å². The third-order valence-corrected chi connectivity index (χ3v) is 5.79. The fraction of sp³-hybridized carbons (Fsp3) is 0.333. The molecule has 4 nitrogen and oxygen atoms in total. The fourth-order valence-electron chi connectivity index (χ4n) is 3.18. The molecular formula is C18H20N4S. The number of aromatic nitrogens is 2. The summed E-state index contributed by atoms with van der Waals surface area (Å²) in [6.07, 6.45) is 1.71. The summed E-state index contributed by atoms with van der Waals surface area (Å²) in [5.74, 6) is 1.10. The third-order valence-electron chi connectivity index (χ3n) is 4.55. The Kier molecular flexibility index (Phi) is 3.75. The van der Waals surface area contributed by atoms with Crippen molar-refractivity contribution in [1.29, 1.82) is 0 Å². The predicted molar refractivity (Wildman–Crippen MR) is 97.3 cm³/mol. The number of benzene rings is 1. The van der Waals surface area contributed by atoms with Gasteiger partial charge in [-0.1, -0.05) is 30.3 Å². The Morgan fingerprint density at radius 1 is 1.00 bits per heavy atom. The summed E-state index contributed by atoms with van der Waals surface area (Å²) in [6, 6.07) is 10.6. The normalized spacial score (nSPS) is 16.2. The Labute approximate surface area is 140 Å². The van der Waals surface area contributed by atoms with Crippen LogP contribution in [0.1, 0.15) is 5.56 Å². The van der Waals surface area contributed by atoms with E-state index in [0.717, 1.165) is 36.8 Å². The highest BCUT2D eigenvalue weighted by Crippen LogP contribution is 2.40. The van der Waals surface area contributed by atoms with Crippen LogP contribution in [0.15, 0.2) is 36.7 Å². The molecule has 4 rings (SSSR count). The molecule has 3 heterocycles. The molecule has 0 atom stereocenters. The number of thiophene rings is 1. The number of aryl methyl sites for hydroxylation is 1. The van der Waals surface area contributed by atoms with Gasteiger partial charge in [0.15, 0.2) is 0 Å². The molecule has 3 aromatic rings. The first-order chi connectivity index (χ1) is 11.2. The topological polar surface area (TPSA) is 32.3 Å². The molecule has 2 aromatic heterocycles. The second kappa shape index (κ2) is 5.91. The summed E-state index contributed by atoms with van der Waals surface area (Å²) in [4.78, 5) is 16.3. The zero-order valence-electron chi connectivity index (χ0n) is 13.5. The summed E-state index contributed by atoms with van der Waals surface area (Å²) >= 11 is 1.77. The van der Waals surface area contributed by atoms with Gasteiger partial charge in [0.1, 0.15) is 17.0 Å².